The van der Waals surface area contributed by atoms with Gasteiger partial charge in [-0.3, -0.25) is 0 Å². The highest BCUT2D eigenvalue weighted by Gasteiger charge is 2.09. The van der Waals surface area contributed by atoms with Crippen molar-refractivity contribution in [3.8, 4) is 0 Å². The summed E-state index contributed by atoms with van der Waals surface area (Å²) in [6, 6.07) is 0. The van der Waals surface area contributed by atoms with Crippen LogP contribution in [0.15, 0.2) is 0 Å². The fourth-order valence-corrected chi connectivity index (χ4v) is 1.31. The highest BCUT2D eigenvalue weighted by molar-refractivity contribution is 4.45. The van der Waals surface area contributed by atoms with Gasteiger partial charge in [-0.15, -0.1) is 0 Å². The largest absolute Gasteiger partial charge is 0.379 e. The third-order valence-electron chi connectivity index (χ3n) is 2.43. The SMILES string of the molecule is CCCCOCC(OCCCC)OCCOCC. The second-order valence-corrected chi connectivity index (χ2v) is 4.15. The topological polar surface area (TPSA) is 36.9 Å². The molecule has 4 heteroatoms. The average Bonchev–Trinajstić information content (AvgIpc) is 2.39. The molecule has 0 N–H and O–H groups in total. The Bertz CT molecular complexity index is 141. The smallest absolute Gasteiger partial charge is 0.180 e. The van der Waals surface area contributed by atoms with Crippen molar-refractivity contribution in [3.05, 3.63) is 0 Å². The van der Waals surface area contributed by atoms with Crippen molar-refractivity contribution in [2.45, 2.75) is 52.7 Å². The average molecular weight is 262 g/mol. The molecular weight excluding hydrogens is 232 g/mol. The Morgan fingerprint density at radius 2 is 1.39 bits per heavy atom. The molecule has 0 spiro atoms. The molecule has 0 aromatic heterocycles. The van der Waals surface area contributed by atoms with Crippen LogP contribution in [-0.4, -0.2) is 45.9 Å². The van der Waals surface area contributed by atoms with E-state index in [1.165, 1.54) is 0 Å². The minimum Gasteiger partial charge on any atom is -0.379 e. The van der Waals surface area contributed by atoms with Gasteiger partial charge in [-0.05, 0) is 19.8 Å². The van der Waals surface area contributed by atoms with E-state index in [9.17, 15) is 0 Å². The summed E-state index contributed by atoms with van der Waals surface area (Å²) in [4.78, 5) is 0. The molecule has 18 heavy (non-hydrogen) atoms. The second-order valence-electron chi connectivity index (χ2n) is 4.15. The van der Waals surface area contributed by atoms with Crippen LogP contribution in [0.5, 0.6) is 0 Å². The predicted octanol–water partition coefficient (Wildman–Crippen LogP) is 3.00. The first-order valence-corrected chi connectivity index (χ1v) is 7.23. The molecule has 0 radical (unpaired) electrons. The zero-order valence-corrected chi connectivity index (χ0v) is 12.3. The first-order valence-electron chi connectivity index (χ1n) is 7.23. The van der Waals surface area contributed by atoms with Crippen LogP contribution < -0.4 is 0 Å². The molecule has 0 amide bonds. The minimum atomic E-state index is -0.256. The quantitative estimate of drug-likeness (QED) is 0.356. The summed E-state index contributed by atoms with van der Waals surface area (Å²) in [6.07, 6.45) is 4.16. The van der Waals surface area contributed by atoms with Gasteiger partial charge in [-0.25, -0.2) is 0 Å². The zero-order chi connectivity index (χ0) is 13.5. The summed E-state index contributed by atoms with van der Waals surface area (Å²) in [6.45, 7) is 10.2. The first kappa shape index (κ1) is 17.8. The van der Waals surface area contributed by atoms with E-state index in [1.807, 2.05) is 6.92 Å². The molecule has 0 aliphatic carbocycles. The Balaban J connectivity index is 3.62. The maximum atomic E-state index is 5.64. The molecule has 0 fully saturated rings. The second kappa shape index (κ2) is 14.9. The Labute approximate surface area is 112 Å². The lowest BCUT2D eigenvalue weighted by Gasteiger charge is -2.18. The van der Waals surface area contributed by atoms with Crippen molar-refractivity contribution in [1.29, 1.82) is 0 Å². The highest BCUT2D eigenvalue weighted by atomic mass is 16.7. The van der Waals surface area contributed by atoms with E-state index in [1.54, 1.807) is 0 Å². The van der Waals surface area contributed by atoms with E-state index in [-0.39, 0.29) is 6.29 Å². The van der Waals surface area contributed by atoms with Gasteiger partial charge in [0.1, 0.15) is 0 Å². The van der Waals surface area contributed by atoms with E-state index in [2.05, 4.69) is 13.8 Å². The Morgan fingerprint density at radius 3 is 2.06 bits per heavy atom. The molecule has 0 bridgehead atoms. The third kappa shape index (κ3) is 12.3. The van der Waals surface area contributed by atoms with Gasteiger partial charge in [0.05, 0.1) is 19.8 Å². The van der Waals surface area contributed by atoms with Crippen molar-refractivity contribution >= 4 is 0 Å². The number of hydrogen-bond donors (Lipinski definition) is 0. The molecule has 0 saturated carbocycles. The van der Waals surface area contributed by atoms with Crippen LogP contribution >= 0.6 is 0 Å². The third-order valence-corrected chi connectivity index (χ3v) is 2.43. The molecular formula is C14H30O4. The number of ether oxygens (including phenoxy) is 4. The molecule has 0 aliphatic rings. The standard InChI is InChI=1S/C14H30O4/c1-4-7-9-16-13-14(17-10-8-5-2)18-12-11-15-6-3/h14H,4-13H2,1-3H3. The van der Waals surface area contributed by atoms with Crippen LogP contribution in [0.3, 0.4) is 0 Å². The van der Waals surface area contributed by atoms with Crippen molar-refractivity contribution in [3.63, 3.8) is 0 Å². The molecule has 0 saturated heterocycles. The van der Waals surface area contributed by atoms with Gasteiger partial charge in [0, 0.05) is 19.8 Å². The van der Waals surface area contributed by atoms with E-state index in [4.69, 9.17) is 18.9 Å². The van der Waals surface area contributed by atoms with Crippen molar-refractivity contribution < 1.29 is 18.9 Å². The molecule has 4 nitrogen and oxygen atoms in total. The summed E-state index contributed by atoms with van der Waals surface area (Å²) in [5, 5.41) is 0. The maximum Gasteiger partial charge on any atom is 0.180 e. The summed E-state index contributed by atoms with van der Waals surface area (Å²) >= 11 is 0. The summed E-state index contributed by atoms with van der Waals surface area (Å²) in [7, 11) is 0. The van der Waals surface area contributed by atoms with Crippen molar-refractivity contribution in [2.75, 3.05) is 39.6 Å². The molecule has 0 aromatic carbocycles. The van der Waals surface area contributed by atoms with Gasteiger partial charge in [0.15, 0.2) is 6.29 Å². The lowest BCUT2D eigenvalue weighted by atomic mass is 10.4. The molecule has 1 unspecified atom stereocenters. The van der Waals surface area contributed by atoms with Gasteiger partial charge >= 0.3 is 0 Å². The van der Waals surface area contributed by atoms with Crippen molar-refractivity contribution in [1.82, 2.24) is 0 Å². The van der Waals surface area contributed by atoms with Gasteiger partial charge in [-0.1, -0.05) is 26.7 Å². The minimum absolute atomic E-state index is 0.256. The fourth-order valence-electron chi connectivity index (χ4n) is 1.31. The summed E-state index contributed by atoms with van der Waals surface area (Å²) < 4.78 is 22.0. The normalized spacial score (nSPS) is 12.8. The maximum absolute atomic E-state index is 5.64. The van der Waals surface area contributed by atoms with Crippen LogP contribution in [0, 0.1) is 0 Å². The summed E-state index contributed by atoms with van der Waals surface area (Å²) in [5.74, 6) is 0. The van der Waals surface area contributed by atoms with Crippen LogP contribution in [0.2, 0.25) is 0 Å². The van der Waals surface area contributed by atoms with Crippen LogP contribution in [0.25, 0.3) is 0 Å². The van der Waals surface area contributed by atoms with Gasteiger partial charge in [0.25, 0.3) is 0 Å². The Kier molecular flexibility index (Phi) is 14.8. The van der Waals surface area contributed by atoms with Gasteiger partial charge < -0.3 is 18.9 Å². The lowest BCUT2D eigenvalue weighted by molar-refractivity contribution is -0.178. The number of rotatable bonds is 14. The summed E-state index contributed by atoms with van der Waals surface area (Å²) in [5.41, 5.74) is 0. The van der Waals surface area contributed by atoms with Crippen LogP contribution in [0.1, 0.15) is 46.5 Å². The lowest BCUT2D eigenvalue weighted by Crippen LogP contribution is -2.26. The molecule has 1 atom stereocenters. The van der Waals surface area contributed by atoms with E-state index >= 15 is 0 Å². The molecule has 0 aliphatic heterocycles. The molecule has 0 rings (SSSR count). The number of unbranched alkanes of at least 4 members (excludes halogenated alkanes) is 2. The highest BCUT2D eigenvalue weighted by Crippen LogP contribution is 2.00. The fraction of sp³-hybridized carbons (Fsp3) is 1.00. The zero-order valence-electron chi connectivity index (χ0n) is 12.3. The molecule has 0 heterocycles. The Morgan fingerprint density at radius 1 is 0.722 bits per heavy atom. The van der Waals surface area contributed by atoms with E-state index < -0.39 is 0 Å². The first-order chi connectivity index (χ1) is 8.85. The number of hydrogen-bond acceptors (Lipinski definition) is 4. The molecule has 0 aromatic rings. The molecule has 110 valence electrons. The monoisotopic (exact) mass is 262 g/mol. The van der Waals surface area contributed by atoms with Crippen molar-refractivity contribution in [2.24, 2.45) is 0 Å². The van der Waals surface area contributed by atoms with Crippen LogP contribution in [0.4, 0.5) is 0 Å². The van der Waals surface area contributed by atoms with E-state index in [0.717, 1.165) is 45.5 Å². The Hall–Kier alpha value is -0.160. The van der Waals surface area contributed by atoms with Crippen LogP contribution in [-0.2, 0) is 18.9 Å². The van der Waals surface area contributed by atoms with E-state index in [0.29, 0.717) is 19.8 Å². The predicted molar refractivity (Wildman–Crippen MR) is 72.8 cm³/mol. The van der Waals surface area contributed by atoms with Gasteiger partial charge in [0.2, 0.25) is 0 Å². The van der Waals surface area contributed by atoms with Gasteiger partial charge in [-0.2, -0.15) is 0 Å².